The lowest BCUT2D eigenvalue weighted by Gasteiger charge is -2.08. The highest BCUT2D eigenvalue weighted by Gasteiger charge is 2.16. The van der Waals surface area contributed by atoms with Crippen molar-refractivity contribution in [3.05, 3.63) is 54.3 Å². The molecule has 1 amide bonds. The molecule has 0 radical (unpaired) electrons. The summed E-state index contributed by atoms with van der Waals surface area (Å²) < 4.78 is 20.2. The largest absolute Gasteiger partial charge is 0.497 e. The molecule has 0 atom stereocenters. The van der Waals surface area contributed by atoms with E-state index in [0.29, 0.717) is 21.8 Å². The maximum Gasteiger partial charge on any atom is 0.236 e. The van der Waals surface area contributed by atoms with Crippen LogP contribution in [0, 0.1) is 5.82 Å². The van der Waals surface area contributed by atoms with Crippen molar-refractivity contribution in [1.29, 1.82) is 0 Å². The standard InChI is InChI=1S/C21H19FN6O2S2/c1-3-28-18(13-6-10-16(30-2)11-7-13)24-27-21(28)31-12-17(29)23-20-26-25-19(32-20)14-4-8-15(22)9-5-14/h4-11H,3,12H2,1-2H3,(H,23,26,29). The maximum absolute atomic E-state index is 13.1. The summed E-state index contributed by atoms with van der Waals surface area (Å²) in [4.78, 5) is 12.4. The number of hydrogen-bond acceptors (Lipinski definition) is 8. The van der Waals surface area contributed by atoms with Crippen LogP contribution >= 0.6 is 23.1 Å². The molecule has 8 nitrogen and oxygen atoms in total. The van der Waals surface area contributed by atoms with Crippen LogP contribution in [0.1, 0.15) is 6.92 Å². The number of anilines is 1. The smallest absolute Gasteiger partial charge is 0.236 e. The van der Waals surface area contributed by atoms with Gasteiger partial charge in [-0.25, -0.2) is 4.39 Å². The molecule has 0 aliphatic rings. The predicted octanol–water partition coefficient (Wildman–Crippen LogP) is 4.36. The summed E-state index contributed by atoms with van der Waals surface area (Å²) in [5, 5.41) is 21.0. The number of halogens is 1. The van der Waals surface area contributed by atoms with E-state index in [0.717, 1.165) is 22.7 Å². The van der Waals surface area contributed by atoms with Crippen molar-refractivity contribution in [2.45, 2.75) is 18.6 Å². The van der Waals surface area contributed by atoms with Gasteiger partial charge in [-0.1, -0.05) is 23.1 Å². The SMILES string of the molecule is CCn1c(SCC(=O)Nc2nnc(-c3ccc(F)cc3)s2)nnc1-c1ccc(OC)cc1. The van der Waals surface area contributed by atoms with E-state index >= 15 is 0 Å². The van der Waals surface area contributed by atoms with Crippen molar-refractivity contribution < 1.29 is 13.9 Å². The first-order chi connectivity index (χ1) is 15.6. The monoisotopic (exact) mass is 470 g/mol. The van der Waals surface area contributed by atoms with Gasteiger partial charge >= 0.3 is 0 Å². The van der Waals surface area contributed by atoms with Crippen molar-refractivity contribution >= 4 is 34.1 Å². The lowest BCUT2D eigenvalue weighted by molar-refractivity contribution is -0.113. The van der Waals surface area contributed by atoms with Gasteiger partial charge in [-0.2, -0.15) is 0 Å². The Kier molecular flexibility index (Phi) is 6.76. The molecule has 0 bridgehead atoms. The van der Waals surface area contributed by atoms with E-state index < -0.39 is 0 Å². The van der Waals surface area contributed by atoms with Crippen molar-refractivity contribution in [3.8, 4) is 27.7 Å². The third-order valence-electron chi connectivity index (χ3n) is 4.48. The van der Waals surface area contributed by atoms with Gasteiger partial charge in [0.05, 0.1) is 12.9 Å². The fourth-order valence-corrected chi connectivity index (χ4v) is 4.47. The first-order valence-corrected chi connectivity index (χ1v) is 11.5. The van der Waals surface area contributed by atoms with Crippen molar-refractivity contribution in [3.63, 3.8) is 0 Å². The summed E-state index contributed by atoms with van der Waals surface area (Å²) in [7, 11) is 1.62. The Labute approximate surface area is 191 Å². The Hall–Kier alpha value is -3.31. The number of amides is 1. The number of thioether (sulfide) groups is 1. The van der Waals surface area contributed by atoms with E-state index in [1.807, 2.05) is 35.8 Å². The van der Waals surface area contributed by atoms with Gasteiger partial charge in [-0.15, -0.1) is 20.4 Å². The summed E-state index contributed by atoms with van der Waals surface area (Å²) in [6.07, 6.45) is 0. The number of methoxy groups -OCH3 is 1. The number of ether oxygens (including phenoxy) is 1. The van der Waals surface area contributed by atoms with Gasteiger partial charge in [0.25, 0.3) is 0 Å². The maximum atomic E-state index is 13.1. The van der Waals surface area contributed by atoms with E-state index in [1.165, 1.54) is 35.2 Å². The Balaban J connectivity index is 1.39. The van der Waals surface area contributed by atoms with Crippen LogP contribution in [0.3, 0.4) is 0 Å². The molecule has 2 heterocycles. The molecule has 0 unspecified atom stereocenters. The van der Waals surface area contributed by atoms with Crippen LogP contribution in [-0.4, -0.2) is 43.7 Å². The van der Waals surface area contributed by atoms with Crippen molar-refractivity contribution in [2.24, 2.45) is 0 Å². The second kappa shape index (κ2) is 9.88. The Bertz CT molecular complexity index is 1210. The Morgan fingerprint density at radius 2 is 1.78 bits per heavy atom. The third kappa shape index (κ3) is 4.94. The first kappa shape index (κ1) is 21.9. The molecular weight excluding hydrogens is 451 g/mol. The Morgan fingerprint density at radius 3 is 2.47 bits per heavy atom. The third-order valence-corrected chi connectivity index (χ3v) is 6.33. The Morgan fingerprint density at radius 1 is 1.06 bits per heavy atom. The minimum Gasteiger partial charge on any atom is -0.497 e. The molecule has 0 fully saturated rings. The quantitative estimate of drug-likeness (QED) is 0.382. The number of rotatable bonds is 8. The molecule has 164 valence electrons. The highest BCUT2D eigenvalue weighted by atomic mass is 32.2. The molecule has 0 spiro atoms. The molecular formula is C21H19FN6O2S2. The number of hydrogen-bond donors (Lipinski definition) is 1. The normalized spacial score (nSPS) is 10.8. The van der Waals surface area contributed by atoms with E-state index in [4.69, 9.17) is 4.74 Å². The highest BCUT2D eigenvalue weighted by molar-refractivity contribution is 7.99. The summed E-state index contributed by atoms with van der Waals surface area (Å²) in [6, 6.07) is 13.5. The van der Waals surface area contributed by atoms with E-state index in [-0.39, 0.29) is 17.5 Å². The zero-order valence-corrected chi connectivity index (χ0v) is 18.9. The van der Waals surface area contributed by atoms with Crippen LogP contribution < -0.4 is 10.1 Å². The lowest BCUT2D eigenvalue weighted by Crippen LogP contribution is -2.14. The topological polar surface area (TPSA) is 94.8 Å². The number of aromatic nitrogens is 5. The molecule has 0 aliphatic heterocycles. The van der Waals surface area contributed by atoms with Gasteiger partial charge in [0.15, 0.2) is 11.0 Å². The van der Waals surface area contributed by atoms with Crippen LogP contribution in [0.25, 0.3) is 22.0 Å². The first-order valence-electron chi connectivity index (χ1n) is 9.67. The van der Waals surface area contributed by atoms with Gasteiger partial charge in [-0.3, -0.25) is 10.1 Å². The zero-order chi connectivity index (χ0) is 22.5. The summed E-state index contributed by atoms with van der Waals surface area (Å²) >= 11 is 2.52. The fraction of sp³-hybridized carbons (Fsp3) is 0.190. The van der Waals surface area contributed by atoms with Crippen LogP contribution in [-0.2, 0) is 11.3 Å². The number of carbonyl (C=O) groups is 1. The zero-order valence-electron chi connectivity index (χ0n) is 17.3. The minimum atomic E-state index is -0.320. The summed E-state index contributed by atoms with van der Waals surface area (Å²) in [5.41, 5.74) is 1.65. The van der Waals surface area contributed by atoms with Crippen molar-refractivity contribution in [2.75, 3.05) is 18.2 Å². The van der Waals surface area contributed by atoms with Gasteiger partial charge in [0.1, 0.15) is 16.6 Å². The van der Waals surface area contributed by atoms with Crippen LogP contribution in [0.2, 0.25) is 0 Å². The van der Waals surface area contributed by atoms with Gasteiger partial charge in [0.2, 0.25) is 11.0 Å². The molecule has 0 saturated carbocycles. The molecule has 4 rings (SSSR count). The molecule has 32 heavy (non-hydrogen) atoms. The number of nitrogens with one attached hydrogen (secondary N) is 1. The predicted molar refractivity (Wildman–Crippen MR) is 122 cm³/mol. The number of benzene rings is 2. The van der Waals surface area contributed by atoms with Crippen LogP contribution in [0.15, 0.2) is 53.7 Å². The molecule has 4 aromatic rings. The average Bonchev–Trinajstić information content (AvgIpc) is 3.45. The number of carbonyl (C=O) groups excluding carboxylic acids is 1. The number of nitrogens with zero attached hydrogens (tertiary/aromatic N) is 5. The second-order valence-electron chi connectivity index (χ2n) is 6.54. The van der Waals surface area contributed by atoms with Crippen LogP contribution in [0.4, 0.5) is 9.52 Å². The molecule has 0 saturated heterocycles. The van der Waals surface area contributed by atoms with Crippen molar-refractivity contribution in [1.82, 2.24) is 25.0 Å². The fourth-order valence-electron chi connectivity index (χ4n) is 2.90. The van der Waals surface area contributed by atoms with E-state index in [9.17, 15) is 9.18 Å². The van der Waals surface area contributed by atoms with Crippen LogP contribution in [0.5, 0.6) is 5.75 Å². The second-order valence-corrected chi connectivity index (χ2v) is 8.46. The van der Waals surface area contributed by atoms with Gasteiger partial charge in [0, 0.05) is 17.7 Å². The summed E-state index contributed by atoms with van der Waals surface area (Å²) in [6.45, 7) is 2.66. The molecule has 0 aliphatic carbocycles. The van der Waals surface area contributed by atoms with E-state index in [1.54, 1.807) is 19.2 Å². The van der Waals surface area contributed by atoms with Gasteiger partial charge in [-0.05, 0) is 55.5 Å². The molecule has 11 heteroatoms. The lowest BCUT2D eigenvalue weighted by atomic mass is 10.2. The molecule has 2 aromatic heterocycles. The average molecular weight is 471 g/mol. The van der Waals surface area contributed by atoms with Gasteiger partial charge < -0.3 is 9.30 Å². The molecule has 1 N–H and O–H groups in total. The molecule has 2 aromatic carbocycles. The highest BCUT2D eigenvalue weighted by Crippen LogP contribution is 2.28. The summed E-state index contributed by atoms with van der Waals surface area (Å²) in [5.74, 6) is 1.09. The van der Waals surface area contributed by atoms with E-state index in [2.05, 4.69) is 25.7 Å². The minimum absolute atomic E-state index is 0.145.